The van der Waals surface area contributed by atoms with Crippen LogP contribution in [0.4, 0.5) is 4.39 Å². The van der Waals surface area contributed by atoms with Crippen LogP contribution in [0.15, 0.2) is 46.9 Å². The van der Waals surface area contributed by atoms with Gasteiger partial charge in [0, 0.05) is 20.2 Å². The van der Waals surface area contributed by atoms with Crippen LogP contribution in [0.1, 0.15) is 5.56 Å². The Balaban J connectivity index is 1.97. The van der Waals surface area contributed by atoms with Gasteiger partial charge < -0.3 is 14.8 Å². The Morgan fingerprint density at radius 1 is 1.14 bits per heavy atom. The van der Waals surface area contributed by atoms with E-state index in [9.17, 15) is 4.39 Å². The standard InChI is InChI=1S/C16H17BrFNO2/c1-20-9-8-19-11-12-2-7-16(15(17)10-12)21-14-5-3-13(18)4-6-14/h2-7,10,19H,8-9,11H2,1H3. The smallest absolute Gasteiger partial charge is 0.141 e. The van der Waals surface area contributed by atoms with E-state index in [0.29, 0.717) is 18.1 Å². The lowest BCUT2D eigenvalue weighted by Crippen LogP contribution is -2.18. The van der Waals surface area contributed by atoms with Gasteiger partial charge in [-0.25, -0.2) is 4.39 Å². The molecule has 21 heavy (non-hydrogen) atoms. The predicted octanol–water partition coefficient (Wildman–Crippen LogP) is 4.12. The second kappa shape index (κ2) is 8.12. The molecule has 0 heterocycles. The minimum absolute atomic E-state index is 0.279. The van der Waals surface area contributed by atoms with Crippen LogP contribution in [0, 0.1) is 5.82 Å². The lowest BCUT2D eigenvalue weighted by Gasteiger charge is -2.10. The third-order valence-electron chi connectivity index (χ3n) is 2.85. The van der Waals surface area contributed by atoms with E-state index in [1.54, 1.807) is 19.2 Å². The highest BCUT2D eigenvalue weighted by Gasteiger charge is 2.04. The van der Waals surface area contributed by atoms with Gasteiger partial charge in [0.15, 0.2) is 0 Å². The molecule has 2 rings (SSSR count). The van der Waals surface area contributed by atoms with Gasteiger partial charge in [0.05, 0.1) is 11.1 Å². The molecule has 3 nitrogen and oxygen atoms in total. The average molecular weight is 354 g/mol. The number of ether oxygens (including phenoxy) is 2. The van der Waals surface area contributed by atoms with E-state index in [1.165, 1.54) is 12.1 Å². The number of benzene rings is 2. The van der Waals surface area contributed by atoms with Crippen LogP contribution in [0.5, 0.6) is 11.5 Å². The molecular weight excluding hydrogens is 337 g/mol. The van der Waals surface area contributed by atoms with E-state index in [2.05, 4.69) is 21.2 Å². The van der Waals surface area contributed by atoms with Crippen LogP contribution in [0.2, 0.25) is 0 Å². The monoisotopic (exact) mass is 353 g/mol. The van der Waals surface area contributed by atoms with Crippen LogP contribution in [0.25, 0.3) is 0 Å². The summed E-state index contributed by atoms with van der Waals surface area (Å²) in [6.45, 7) is 2.26. The molecule has 0 saturated carbocycles. The first-order valence-electron chi connectivity index (χ1n) is 6.60. The van der Waals surface area contributed by atoms with Crippen LogP contribution < -0.4 is 10.1 Å². The Bertz CT molecular complexity index is 575. The maximum atomic E-state index is 12.9. The SMILES string of the molecule is COCCNCc1ccc(Oc2ccc(F)cc2)c(Br)c1. The molecule has 0 aliphatic rings. The molecule has 2 aromatic rings. The third-order valence-corrected chi connectivity index (χ3v) is 3.47. The first-order valence-corrected chi connectivity index (χ1v) is 7.40. The van der Waals surface area contributed by atoms with Crippen molar-refractivity contribution in [3.05, 3.63) is 58.3 Å². The molecule has 0 bridgehead atoms. The predicted molar refractivity (Wildman–Crippen MR) is 84.2 cm³/mol. The molecule has 2 aromatic carbocycles. The highest BCUT2D eigenvalue weighted by atomic mass is 79.9. The highest BCUT2D eigenvalue weighted by molar-refractivity contribution is 9.10. The number of halogens is 2. The molecule has 0 aromatic heterocycles. The van der Waals surface area contributed by atoms with Crippen molar-refractivity contribution in [2.24, 2.45) is 0 Å². The molecular formula is C16H17BrFNO2. The minimum Gasteiger partial charge on any atom is -0.456 e. The van der Waals surface area contributed by atoms with Crippen LogP contribution in [-0.4, -0.2) is 20.3 Å². The number of nitrogens with one attached hydrogen (secondary N) is 1. The van der Waals surface area contributed by atoms with E-state index in [4.69, 9.17) is 9.47 Å². The van der Waals surface area contributed by atoms with E-state index in [1.807, 2.05) is 18.2 Å². The molecule has 112 valence electrons. The number of hydrogen-bond donors (Lipinski definition) is 1. The Morgan fingerprint density at radius 3 is 2.57 bits per heavy atom. The van der Waals surface area contributed by atoms with Crippen molar-refractivity contribution in [3.63, 3.8) is 0 Å². The maximum Gasteiger partial charge on any atom is 0.141 e. The molecule has 0 radical (unpaired) electrons. The molecule has 0 aliphatic heterocycles. The van der Waals surface area contributed by atoms with Gasteiger partial charge in [-0.15, -0.1) is 0 Å². The quantitative estimate of drug-likeness (QED) is 0.759. The fourth-order valence-corrected chi connectivity index (χ4v) is 2.28. The topological polar surface area (TPSA) is 30.5 Å². The summed E-state index contributed by atoms with van der Waals surface area (Å²) in [5.74, 6) is 1.02. The molecule has 0 saturated heterocycles. The summed E-state index contributed by atoms with van der Waals surface area (Å²) in [7, 11) is 1.68. The first kappa shape index (κ1) is 15.9. The van der Waals surface area contributed by atoms with Crippen LogP contribution >= 0.6 is 15.9 Å². The molecule has 0 unspecified atom stereocenters. The van der Waals surface area contributed by atoms with Gasteiger partial charge >= 0.3 is 0 Å². The zero-order valence-electron chi connectivity index (χ0n) is 11.7. The van der Waals surface area contributed by atoms with E-state index >= 15 is 0 Å². The highest BCUT2D eigenvalue weighted by Crippen LogP contribution is 2.30. The number of hydrogen-bond acceptors (Lipinski definition) is 3. The summed E-state index contributed by atoms with van der Waals surface area (Å²) >= 11 is 3.49. The fraction of sp³-hybridized carbons (Fsp3) is 0.250. The Kier molecular flexibility index (Phi) is 6.17. The first-order chi connectivity index (χ1) is 10.2. The summed E-state index contributed by atoms with van der Waals surface area (Å²) < 4.78 is 24.4. The van der Waals surface area contributed by atoms with Gasteiger partial charge in [-0.1, -0.05) is 6.07 Å². The van der Waals surface area contributed by atoms with Gasteiger partial charge in [-0.05, 0) is 57.9 Å². The van der Waals surface area contributed by atoms with Gasteiger partial charge in [0.25, 0.3) is 0 Å². The molecule has 0 aliphatic carbocycles. The Hall–Kier alpha value is -1.43. The van der Waals surface area contributed by atoms with Gasteiger partial charge in [-0.3, -0.25) is 0 Å². The van der Waals surface area contributed by atoms with Gasteiger partial charge in [-0.2, -0.15) is 0 Å². The van der Waals surface area contributed by atoms with Crippen LogP contribution in [0.3, 0.4) is 0 Å². The summed E-state index contributed by atoms with van der Waals surface area (Å²) in [5, 5.41) is 3.28. The van der Waals surface area contributed by atoms with Crippen molar-refractivity contribution in [3.8, 4) is 11.5 Å². The molecule has 0 fully saturated rings. The molecule has 1 N–H and O–H groups in total. The summed E-state index contributed by atoms with van der Waals surface area (Å²) in [4.78, 5) is 0. The van der Waals surface area contributed by atoms with Crippen molar-refractivity contribution in [2.45, 2.75) is 6.54 Å². The van der Waals surface area contributed by atoms with Crippen molar-refractivity contribution < 1.29 is 13.9 Å². The van der Waals surface area contributed by atoms with Gasteiger partial charge in [0.1, 0.15) is 17.3 Å². The fourth-order valence-electron chi connectivity index (χ4n) is 1.77. The summed E-state index contributed by atoms with van der Waals surface area (Å²) in [6, 6.07) is 11.8. The molecule has 5 heteroatoms. The van der Waals surface area contributed by atoms with E-state index in [0.717, 1.165) is 23.1 Å². The number of rotatable bonds is 7. The summed E-state index contributed by atoms with van der Waals surface area (Å²) in [6.07, 6.45) is 0. The Morgan fingerprint density at radius 2 is 1.90 bits per heavy atom. The molecule has 0 atom stereocenters. The van der Waals surface area contributed by atoms with Crippen LogP contribution in [-0.2, 0) is 11.3 Å². The van der Waals surface area contributed by atoms with E-state index < -0.39 is 0 Å². The second-order valence-electron chi connectivity index (χ2n) is 4.49. The zero-order chi connectivity index (χ0) is 15.1. The molecule has 0 amide bonds. The normalized spacial score (nSPS) is 10.6. The number of methoxy groups -OCH3 is 1. The summed E-state index contributed by atoms with van der Waals surface area (Å²) in [5.41, 5.74) is 1.14. The molecule has 0 spiro atoms. The zero-order valence-corrected chi connectivity index (χ0v) is 13.3. The van der Waals surface area contributed by atoms with Crippen molar-refractivity contribution in [1.82, 2.24) is 5.32 Å². The largest absolute Gasteiger partial charge is 0.456 e. The van der Waals surface area contributed by atoms with Crippen molar-refractivity contribution in [1.29, 1.82) is 0 Å². The van der Waals surface area contributed by atoms with Crippen molar-refractivity contribution in [2.75, 3.05) is 20.3 Å². The maximum absolute atomic E-state index is 12.9. The third kappa shape index (κ3) is 5.12. The second-order valence-corrected chi connectivity index (χ2v) is 5.34. The lowest BCUT2D eigenvalue weighted by atomic mass is 10.2. The van der Waals surface area contributed by atoms with Gasteiger partial charge in [0.2, 0.25) is 0 Å². The van der Waals surface area contributed by atoms with E-state index in [-0.39, 0.29) is 5.82 Å². The lowest BCUT2D eigenvalue weighted by molar-refractivity contribution is 0.199. The van der Waals surface area contributed by atoms with Crippen molar-refractivity contribution >= 4 is 15.9 Å². The minimum atomic E-state index is -0.279. The Labute approximate surface area is 132 Å². The average Bonchev–Trinajstić information content (AvgIpc) is 2.48.